The summed E-state index contributed by atoms with van der Waals surface area (Å²) < 4.78 is 5.67. The van der Waals surface area contributed by atoms with Crippen LogP contribution in [0.15, 0.2) is 48.5 Å². The van der Waals surface area contributed by atoms with Gasteiger partial charge in [-0.25, -0.2) is 4.79 Å². The molecule has 4 atom stereocenters. The van der Waals surface area contributed by atoms with Crippen molar-refractivity contribution in [2.24, 2.45) is 11.8 Å². The summed E-state index contributed by atoms with van der Waals surface area (Å²) in [5.74, 6) is -1.61. The Morgan fingerprint density at radius 3 is 2.20 bits per heavy atom. The SMILES string of the molecule is O=C(N[C@H]1CCC[C@H]1C(=O)NC1CCCC(C(=O)O)C1)OCC1c2ccccc2-c2ccccc21. The minimum atomic E-state index is -0.792. The second-order valence-electron chi connectivity index (χ2n) is 10.0. The summed E-state index contributed by atoms with van der Waals surface area (Å²) >= 11 is 0. The molecular weight excluding hydrogens is 444 g/mol. The largest absolute Gasteiger partial charge is 0.481 e. The Hall–Kier alpha value is -3.35. The molecule has 35 heavy (non-hydrogen) atoms. The fraction of sp³-hybridized carbons (Fsp3) is 0.464. The molecule has 0 bridgehead atoms. The molecule has 0 aromatic heterocycles. The zero-order valence-corrected chi connectivity index (χ0v) is 19.7. The summed E-state index contributed by atoms with van der Waals surface area (Å²) in [6, 6.07) is 16.0. The van der Waals surface area contributed by atoms with E-state index in [9.17, 15) is 19.5 Å². The van der Waals surface area contributed by atoms with E-state index < -0.39 is 18.0 Å². The van der Waals surface area contributed by atoms with E-state index in [2.05, 4.69) is 34.9 Å². The molecule has 2 fully saturated rings. The van der Waals surface area contributed by atoms with Crippen LogP contribution in [0.5, 0.6) is 0 Å². The maximum atomic E-state index is 13.0. The van der Waals surface area contributed by atoms with E-state index >= 15 is 0 Å². The van der Waals surface area contributed by atoms with E-state index in [1.807, 2.05) is 24.3 Å². The molecule has 3 aliphatic rings. The van der Waals surface area contributed by atoms with E-state index in [-0.39, 0.29) is 36.4 Å². The molecule has 7 nitrogen and oxygen atoms in total. The van der Waals surface area contributed by atoms with Crippen LogP contribution in [-0.4, -0.2) is 41.8 Å². The number of rotatable bonds is 6. The van der Waals surface area contributed by atoms with Gasteiger partial charge in [-0.05, 0) is 54.4 Å². The molecule has 0 radical (unpaired) electrons. The van der Waals surface area contributed by atoms with Crippen LogP contribution in [0.1, 0.15) is 62.0 Å². The number of fused-ring (bicyclic) bond motifs is 3. The Morgan fingerprint density at radius 1 is 0.857 bits per heavy atom. The number of benzene rings is 2. The normalized spacial score (nSPS) is 25.4. The van der Waals surface area contributed by atoms with Crippen LogP contribution in [0.25, 0.3) is 11.1 Å². The van der Waals surface area contributed by atoms with Gasteiger partial charge in [-0.2, -0.15) is 0 Å². The van der Waals surface area contributed by atoms with Crippen molar-refractivity contribution in [2.75, 3.05) is 6.61 Å². The van der Waals surface area contributed by atoms with Crippen LogP contribution in [0.2, 0.25) is 0 Å². The van der Waals surface area contributed by atoms with Crippen molar-refractivity contribution in [2.45, 2.75) is 62.9 Å². The maximum absolute atomic E-state index is 13.0. The number of carboxylic acids is 1. The van der Waals surface area contributed by atoms with E-state index in [0.717, 1.165) is 36.8 Å². The Balaban J connectivity index is 1.17. The lowest BCUT2D eigenvalue weighted by molar-refractivity contribution is -0.143. The predicted molar refractivity (Wildman–Crippen MR) is 131 cm³/mol. The number of hydrogen-bond donors (Lipinski definition) is 3. The quantitative estimate of drug-likeness (QED) is 0.571. The molecule has 2 amide bonds. The zero-order chi connectivity index (χ0) is 24.4. The van der Waals surface area contributed by atoms with Gasteiger partial charge in [-0.3, -0.25) is 9.59 Å². The highest BCUT2D eigenvalue weighted by atomic mass is 16.5. The van der Waals surface area contributed by atoms with Crippen LogP contribution in [0, 0.1) is 11.8 Å². The first-order chi connectivity index (χ1) is 17.0. The van der Waals surface area contributed by atoms with Gasteiger partial charge in [0.25, 0.3) is 0 Å². The van der Waals surface area contributed by atoms with Gasteiger partial charge in [-0.1, -0.05) is 61.4 Å². The molecule has 184 valence electrons. The lowest BCUT2D eigenvalue weighted by Crippen LogP contribution is -2.48. The van der Waals surface area contributed by atoms with Crippen molar-refractivity contribution < 1.29 is 24.2 Å². The summed E-state index contributed by atoms with van der Waals surface area (Å²) in [6.45, 7) is 0.238. The van der Waals surface area contributed by atoms with Gasteiger partial charge in [0.2, 0.25) is 5.91 Å². The van der Waals surface area contributed by atoms with E-state index in [4.69, 9.17) is 4.74 Å². The van der Waals surface area contributed by atoms with E-state index in [0.29, 0.717) is 19.3 Å². The summed E-state index contributed by atoms with van der Waals surface area (Å²) in [7, 11) is 0. The second kappa shape index (κ2) is 10.1. The lowest BCUT2D eigenvalue weighted by atomic mass is 9.85. The number of carboxylic acid groups (broad SMARTS) is 1. The fourth-order valence-electron chi connectivity index (χ4n) is 6.09. The fourth-order valence-corrected chi connectivity index (χ4v) is 6.09. The number of nitrogens with one attached hydrogen (secondary N) is 2. The molecule has 0 aliphatic heterocycles. The number of hydrogen-bond acceptors (Lipinski definition) is 4. The molecule has 2 aromatic carbocycles. The van der Waals surface area contributed by atoms with E-state index in [1.54, 1.807) is 0 Å². The van der Waals surface area contributed by atoms with Gasteiger partial charge >= 0.3 is 12.1 Å². The standard InChI is InChI=1S/C28H32N2O5/c31-26(29-18-8-5-7-17(15-18)27(32)33)23-13-6-14-25(23)30-28(34)35-16-24-21-11-3-1-9-19(21)20-10-2-4-12-22(20)24/h1-4,9-12,17-18,23-25H,5-8,13-16H2,(H,29,31)(H,30,34)(H,32,33)/t17?,18?,23-,25+/m1/s1. The van der Waals surface area contributed by atoms with Gasteiger partial charge in [0, 0.05) is 18.0 Å². The topological polar surface area (TPSA) is 105 Å². The van der Waals surface area contributed by atoms with Crippen molar-refractivity contribution >= 4 is 18.0 Å². The highest BCUT2D eigenvalue weighted by Crippen LogP contribution is 2.44. The van der Waals surface area contributed by atoms with Gasteiger partial charge in [-0.15, -0.1) is 0 Å². The smallest absolute Gasteiger partial charge is 0.407 e. The van der Waals surface area contributed by atoms with E-state index in [1.165, 1.54) is 11.1 Å². The number of ether oxygens (including phenoxy) is 1. The number of carbonyl (C=O) groups is 3. The lowest BCUT2D eigenvalue weighted by Gasteiger charge is -2.29. The van der Waals surface area contributed by atoms with Crippen LogP contribution >= 0.6 is 0 Å². The Kier molecular flexibility index (Phi) is 6.75. The third kappa shape index (κ3) is 4.90. The van der Waals surface area contributed by atoms with Crippen molar-refractivity contribution in [1.82, 2.24) is 10.6 Å². The highest BCUT2D eigenvalue weighted by molar-refractivity contribution is 5.81. The third-order valence-electron chi connectivity index (χ3n) is 7.87. The first-order valence-electron chi connectivity index (χ1n) is 12.7. The molecule has 5 rings (SSSR count). The molecule has 3 N–H and O–H groups in total. The Labute approximate surface area is 205 Å². The summed E-state index contributed by atoms with van der Waals surface area (Å²) in [5.41, 5.74) is 4.67. The van der Waals surface area contributed by atoms with Crippen LogP contribution in [-0.2, 0) is 14.3 Å². The summed E-state index contributed by atoms with van der Waals surface area (Å²) in [5, 5.41) is 15.3. The Bertz CT molecular complexity index is 1070. The average Bonchev–Trinajstić information content (AvgIpc) is 3.45. The third-order valence-corrected chi connectivity index (χ3v) is 7.87. The molecule has 2 unspecified atom stereocenters. The molecule has 0 spiro atoms. The number of alkyl carbamates (subject to hydrolysis) is 1. The minimum absolute atomic E-state index is 0.00990. The van der Waals surface area contributed by atoms with Crippen molar-refractivity contribution in [3.63, 3.8) is 0 Å². The van der Waals surface area contributed by atoms with Crippen LogP contribution < -0.4 is 10.6 Å². The molecule has 2 saturated carbocycles. The average molecular weight is 477 g/mol. The minimum Gasteiger partial charge on any atom is -0.481 e. The van der Waals surface area contributed by atoms with Crippen molar-refractivity contribution in [1.29, 1.82) is 0 Å². The van der Waals surface area contributed by atoms with Gasteiger partial charge in [0.1, 0.15) is 6.61 Å². The van der Waals surface area contributed by atoms with Crippen LogP contribution in [0.4, 0.5) is 4.79 Å². The first kappa shape index (κ1) is 23.4. The summed E-state index contributed by atoms with van der Waals surface area (Å²) in [4.78, 5) is 37.0. The number of carbonyl (C=O) groups excluding carboxylic acids is 2. The van der Waals surface area contributed by atoms with Crippen molar-refractivity contribution in [3.05, 3.63) is 59.7 Å². The molecule has 0 saturated heterocycles. The first-order valence-corrected chi connectivity index (χ1v) is 12.7. The number of amides is 2. The zero-order valence-electron chi connectivity index (χ0n) is 19.7. The molecule has 0 heterocycles. The van der Waals surface area contributed by atoms with Gasteiger partial charge < -0.3 is 20.5 Å². The molecule has 2 aromatic rings. The van der Waals surface area contributed by atoms with Gasteiger partial charge in [0.15, 0.2) is 0 Å². The maximum Gasteiger partial charge on any atom is 0.407 e. The Morgan fingerprint density at radius 2 is 1.51 bits per heavy atom. The highest BCUT2D eigenvalue weighted by Gasteiger charge is 2.37. The second-order valence-corrected chi connectivity index (χ2v) is 10.0. The summed E-state index contributed by atoms with van der Waals surface area (Å²) in [6.07, 6.45) is 4.52. The van der Waals surface area contributed by atoms with Gasteiger partial charge in [0.05, 0.1) is 11.8 Å². The molecule has 3 aliphatic carbocycles. The van der Waals surface area contributed by atoms with Crippen LogP contribution in [0.3, 0.4) is 0 Å². The predicted octanol–water partition coefficient (Wildman–Crippen LogP) is 4.45. The molecular formula is C28H32N2O5. The van der Waals surface area contributed by atoms with Crippen molar-refractivity contribution in [3.8, 4) is 11.1 Å². The number of aliphatic carboxylic acids is 1. The molecule has 7 heteroatoms. The monoisotopic (exact) mass is 476 g/mol.